The van der Waals surface area contributed by atoms with E-state index in [1.807, 2.05) is 12.1 Å². The van der Waals surface area contributed by atoms with E-state index in [4.69, 9.17) is 0 Å². The van der Waals surface area contributed by atoms with Gasteiger partial charge in [-0.05, 0) is 48.1 Å². The van der Waals surface area contributed by atoms with Crippen LogP contribution in [0.2, 0.25) is 0 Å². The largest absolute Gasteiger partial charge is 0.384 e. The Morgan fingerprint density at radius 1 is 1.11 bits per heavy atom. The highest BCUT2D eigenvalue weighted by atomic mass is 79.9. The third kappa shape index (κ3) is 2.33. The number of hydrogen-bond acceptors (Lipinski definition) is 1. The summed E-state index contributed by atoms with van der Waals surface area (Å²) in [6.07, 6.45) is 2.39. The fraction of sp³-hybridized carbons (Fsp3) is 0.250. The molecule has 2 aromatic rings. The molecular weight excluding hydrogens is 307 g/mol. The van der Waals surface area contributed by atoms with Gasteiger partial charge in [-0.25, -0.2) is 4.39 Å². The van der Waals surface area contributed by atoms with Crippen LogP contribution in [-0.2, 0) is 12.8 Å². The van der Waals surface area contributed by atoms with Gasteiger partial charge in [0.2, 0.25) is 0 Å². The Kier molecular flexibility index (Phi) is 3.42. The fourth-order valence-electron chi connectivity index (χ4n) is 2.70. The van der Waals surface area contributed by atoms with Gasteiger partial charge in [-0.1, -0.05) is 40.2 Å². The highest BCUT2D eigenvalue weighted by molar-refractivity contribution is 9.10. The number of aryl methyl sites for hydroxylation is 2. The van der Waals surface area contributed by atoms with Crippen LogP contribution in [0.1, 0.15) is 34.8 Å². The molecule has 98 valence electrons. The summed E-state index contributed by atoms with van der Waals surface area (Å²) in [6.45, 7) is 0. The molecule has 19 heavy (non-hydrogen) atoms. The SMILES string of the molecule is OC(c1ccc2c(c1)CCC2)c1c(F)cccc1Br. The van der Waals surface area contributed by atoms with Crippen LogP contribution in [0.5, 0.6) is 0 Å². The van der Waals surface area contributed by atoms with Gasteiger partial charge < -0.3 is 5.11 Å². The molecule has 0 saturated heterocycles. The van der Waals surface area contributed by atoms with Gasteiger partial charge in [0.1, 0.15) is 11.9 Å². The van der Waals surface area contributed by atoms with Gasteiger partial charge in [0.25, 0.3) is 0 Å². The second-order valence-electron chi connectivity index (χ2n) is 4.92. The lowest BCUT2D eigenvalue weighted by molar-refractivity contribution is 0.214. The van der Waals surface area contributed by atoms with Crippen LogP contribution >= 0.6 is 15.9 Å². The first-order valence-electron chi connectivity index (χ1n) is 6.40. The first-order valence-corrected chi connectivity index (χ1v) is 7.20. The molecule has 1 N–H and O–H groups in total. The fourth-order valence-corrected chi connectivity index (χ4v) is 3.26. The lowest BCUT2D eigenvalue weighted by atomic mass is 9.97. The van der Waals surface area contributed by atoms with E-state index in [1.54, 1.807) is 12.1 Å². The van der Waals surface area contributed by atoms with Crippen molar-refractivity contribution in [2.24, 2.45) is 0 Å². The molecule has 0 radical (unpaired) electrons. The van der Waals surface area contributed by atoms with Crippen LogP contribution in [0.15, 0.2) is 40.9 Å². The first kappa shape index (κ1) is 12.8. The standard InChI is InChI=1S/C16H14BrFO/c17-13-5-2-6-14(18)15(13)16(19)12-8-7-10-3-1-4-11(10)9-12/h2,5-9,16,19H,1,3-4H2. The predicted octanol–water partition coefficient (Wildman–Crippen LogP) is 4.16. The maximum atomic E-state index is 13.9. The molecule has 0 spiro atoms. The number of rotatable bonds is 2. The monoisotopic (exact) mass is 320 g/mol. The Bertz CT molecular complexity index is 604. The summed E-state index contributed by atoms with van der Waals surface area (Å²) in [5.74, 6) is -0.387. The maximum absolute atomic E-state index is 13.9. The summed E-state index contributed by atoms with van der Waals surface area (Å²) in [5, 5.41) is 10.4. The van der Waals surface area contributed by atoms with Gasteiger partial charge in [0.05, 0.1) is 0 Å². The summed E-state index contributed by atoms with van der Waals surface area (Å²) in [5.41, 5.74) is 3.69. The van der Waals surface area contributed by atoms with Crippen LogP contribution in [-0.4, -0.2) is 5.11 Å². The lowest BCUT2D eigenvalue weighted by Gasteiger charge is -2.15. The predicted molar refractivity (Wildman–Crippen MR) is 76.6 cm³/mol. The number of aliphatic hydroxyl groups excluding tert-OH is 1. The minimum Gasteiger partial charge on any atom is -0.384 e. The van der Waals surface area contributed by atoms with Gasteiger partial charge in [-0.15, -0.1) is 0 Å². The van der Waals surface area contributed by atoms with Crippen molar-refractivity contribution in [1.82, 2.24) is 0 Å². The Balaban J connectivity index is 2.02. The van der Waals surface area contributed by atoms with E-state index in [-0.39, 0.29) is 5.82 Å². The van der Waals surface area contributed by atoms with Crippen molar-refractivity contribution < 1.29 is 9.50 Å². The molecule has 0 bridgehead atoms. The van der Waals surface area contributed by atoms with Gasteiger partial charge in [-0.3, -0.25) is 0 Å². The van der Waals surface area contributed by atoms with Crippen LogP contribution < -0.4 is 0 Å². The third-order valence-electron chi connectivity index (χ3n) is 3.71. The number of benzene rings is 2. The minimum atomic E-state index is -0.929. The van der Waals surface area contributed by atoms with Crippen molar-refractivity contribution in [3.8, 4) is 0 Å². The minimum absolute atomic E-state index is 0.306. The number of halogens is 2. The van der Waals surface area contributed by atoms with Crippen LogP contribution in [0.4, 0.5) is 4.39 Å². The van der Waals surface area contributed by atoms with E-state index in [1.165, 1.54) is 17.2 Å². The average molecular weight is 321 g/mol. The zero-order valence-corrected chi connectivity index (χ0v) is 12.0. The molecule has 1 atom stereocenters. The molecule has 1 unspecified atom stereocenters. The van der Waals surface area contributed by atoms with E-state index in [2.05, 4.69) is 22.0 Å². The van der Waals surface area contributed by atoms with Crippen LogP contribution in [0.25, 0.3) is 0 Å². The molecule has 1 aliphatic carbocycles. The summed E-state index contributed by atoms with van der Waals surface area (Å²) < 4.78 is 14.5. The van der Waals surface area contributed by atoms with Gasteiger partial charge in [0.15, 0.2) is 0 Å². The van der Waals surface area contributed by atoms with E-state index in [9.17, 15) is 9.50 Å². The second-order valence-corrected chi connectivity index (χ2v) is 5.77. The zero-order valence-electron chi connectivity index (χ0n) is 10.4. The zero-order chi connectivity index (χ0) is 13.4. The topological polar surface area (TPSA) is 20.2 Å². The highest BCUT2D eigenvalue weighted by Crippen LogP contribution is 2.33. The Morgan fingerprint density at radius 2 is 1.89 bits per heavy atom. The van der Waals surface area contributed by atoms with Crippen molar-refractivity contribution in [2.45, 2.75) is 25.4 Å². The van der Waals surface area contributed by atoms with Gasteiger partial charge in [-0.2, -0.15) is 0 Å². The lowest BCUT2D eigenvalue weighted by Crippen LogP contribution is -2.04. The number of aliphatic hydroxyl groups is 1. The molecule has 0 fully saturated rings. The van der Waals surface area contributed by atoms with Crippen LogP contribution in [0.3, 0.4) is 0 Å². The van der Waals surface area contributed by atoms with Gasteiger partial charge >= 0.3 is 0 Å². The summed E-state index contributed by atoms with van der Waals surface area (Å²) in [7, 11) is 0. The molecule has 3 heteroatoms. The highest BCUT2D eigenvalue weighted by Gasteiger charge is 2.20. The summed E-state index contributed by atoms with van der Waals surface area (Å²) in [4.78, 5) is 0. The Morgan fingerprint density at radius 3 is 2.68 bits per heavy atom. The quantitative estimate of drug-likeness (QED) is 0.881. The Hall–Kier alpha value is -1.19. The van der Waals surface area contributed by atoms with E-state index >= 15 is 0 Å². The summed E-state index contributed by atoms with van der Waals surface area (Å²) in [6, 6.07) is 10.7. The summed E-state index contributed by atoms with van der Waals surface area (Å²) >= 11 is 3.31. The number of fused-ring (bicyclic) bond motifs is 1. The molecule has 2 aromatic carbocycles. The van der Waals surface area contributed by atoms with Gasteiger partial charge in [0, 0.05) is 10.0 Å². The molecule has 0 aromatic heterocycles. The molecule has 0 amide bonds. The average Bonchev–Trinajstić information content (AvgIpc) is 2.85. The third-order valence-corrected chi connectivity index (χ3v) is 4.40. The number of hydrogen-bond donors (Lipinski definition) is 1. The van der Waals surface area contributed by atoms with E-state index in [0.29, 0.717) is 10.0 Å². The van der Waals surface area contributed by atoms with E-state index in [0.717, 1.165) is 24.8 Å². The van der Waals surface area contributed by atoms with Crippen molar-refractivity contribution in [1.29, 1.82) is 0 Å². The van der Waals surface area contributed by atoms with Crippen molar-refractivity contribution in [3.05, 3.63) is 68.9 Å². The van der Waals surface area contributed by atoms with Crippen molar-refractivity contribution >= 4 is 15.9 Å². The molecule has 1 nitrogen and oxygen atoms in total. The normalized spacial score (nSPS) is 15.3. The maximum Gasteiger partial charge on any atom is 0.130 e. The van der Waals surface area contributed by atoms with Crippen molar-refractivity contribution in [2.75, 3.05) is 0 Å². The second kappa shape index (κ2) is 5.06. The van der Waals surface area contributed by atoms with Crippen LogP contribution in [0, 0.1) is 5.82 Å². The first-order chi connectivity index (χ1) is 9.16. The molecule has 0 saturated carbocycles. The molecule has 0 heterocycles. The smallest absolute Gasteiger partial charge is 0.130 e. The molecule has 3 rings (SSSR count). The molecule has 0 aliphatic heterocycles. The van der Waals surface area contributed by atoms with E-state index < -0.39 is 6.10 Å². The molecular formula is C16H14BrFO. The van der Waals surface area contributed by atoms with Crippen molar-refractivity contribution in [3.63, 3.8) is 0 Å². The Labute approximate surface area is 120 Å². The molecule has 1 aliphatic rings.